The van der Waals surface area contributed by atoms with Crippen molar-refractivity contribution >= 4 is 63.2 Å². The summed E-state index contributed by atoms with van der Waals surface area (Å²) in [7, 11) is 0. The van der Waals surface area contributed by atoms with E-state index in [1.807, 2.05) is 25.3 Å². The van der Waals surface area contributed by atoms with E-state index in [1.54, 1.807) is 24.3 Å². The summed E-state index contributed by atoms with van der Waals surface area (Å²) in [5, 5.41) is 13.6. The van der Waals surface area contributed by atoms with Crippen LogP contribution >= 0.6 is 46.3 Å². The standard InChI is InChI=1S/C27H30Cl2N4O4S2/c1-5-12-33-24(16(4)37-20-13-17(28)10-11-19(20)29)31-32-27(33)38-14-22(34)30-25-23(26(35)36-15(2)3)18-8-6-7-9-21(18)39-25/h5,10-11,13,15-16H,1,6-9,12,14H2,2-4H3,(H,30,34). The van der Waals surface area contributed by atoms with Gasteiger partial charge in [0.1, 0.15) is 10.8 Å². The number of aromatic nitrogens is 3. The van der Waals surface area contributed by atoms with Crippen molar-refractivity contribution in [1.82, 2.24) is 14.8 Å². The number of carbonyl (C=O) groups excluding carboxylic acids is 2. The second kappa shape index (κ2) is 13.2. The summed E-state index contributed by atoms with van der Waals surface area (Å²) < 4.78 is 13.3. The lowest BCUT2D eigenvalue weighted by Crippen LogP contribution is -2.19. The average molecular weight is 610 g/mol. The van der Waals surface area contributed by atoms with Gasteiger partial charge in [-0.3, -0.25) is 9.36 Å². The molecule has 39 heavy (non-hydrogen) atoms. The first-order chi connectivity index (χ1) is 18.7. The smallest absolute Gasteiger partial charge is 0.341 e. The van der Waals surface area contributed by atoms with Crippen LogP contribution in [-0.4, -0.2) is 38.5 Å². The summed E-state index contributed by atoms with van der Waals surface area (Å²) in [6.45, 7) is 9.71. The van der Waals surface area contributed by atoms with E-state index in [-0.39, 0.29) is 17.8 Å². The fourth-order valence-corrected chi connectivity index (χ4v) is 6.63. The third-order valence-corrected chi connectivity index (χ3v) is 8.64. The molecule has 208 valence electrons. The predicted octanol–water partition coefficient (Wildman–Crippen LogP) is 7.15. The lowest BCUT2D eigenvalue weighted by molar-refractivity contribution is -0.113. The summed E-state index contributed by atoms with van der Waals surface area (Å²) in [4.78, 5) is 27.0. The number of thiophene rings is 1. The number of thioether (sulfide) groups is 1. The Balaban J connectivity index is 1.47. The second-order valence-corrected chi connectivity index (χ2v) is 12.2. The van der Waals surface area contributed by atoms with Crippen LogP contribution in [-0.2, 0) is 28.9 Å². The zero-order valence-corrected chi connectivity index (χ0v) is 25.1. The van der Waals surface area contributed by atoms with E-state index in [0.717, 1.165) is 36.1 Å². The molecule has 3 aromatic rings. The van der Waals surface area contributed by atoms with Gasteiger partial charge in [0.05, 0.1) is 22.4 Å². The molecule has 1 N–H and O–H groups in total. The van der Waals surface area contributed by atoms with Crippen molar-refractivity contribution < 1.29 is 19.1 Å². The minimum atomic E-state index is -0.497. The zero-order chi connectivity index (χ0) is 28.1. The van der Waals surface area contributed by atoms with Crippen molar-refractivity contribution in [3.05, 3.63) is 62.7 Å². The van der Waals surface area contributed by atoms with Crippen molar-refractivity contribution in [3.63, 3.8) is 0 Å². The van der Waals surface area contributed by atoms with Gasteiger partial charge in [0.2, 0.25) is 5.91 Å². The van der Waals surface area contributed by atoms with Crippen LogP contribution in [0.1, 0.15) is 66.3 Å². The van der Waals surface area contributed by atoms with Crippen LogP contribution in [0.15, 0.2) is 36.0 Å². The fourth-order valence-electron chi connectivity index (χ4n) is 4.25. The fraction of sp³-hybridized carbons (Fsp3) is 0.407. The molecule has 4 rings (SSSR count). The van der Waals surface area contributed by atoms with Crippen LogP contribution in [0.2, 0.25) is 10.0 Å². The first-order valence-corrected chi connectivity index (χ1v) is 15.2. The van der Waals surface area contributed by atoms with Crippen LogP contribution in [0, 0.1) is 0 Å². The maximum absolute atomic E-state index is 13.0. The van der Waals surface area contributed by atoms with Crippen LogP contribution < -0.4 is 10.1 Å². The Bertz CT molecular complexity index is 1370. The monoisotopic (exact) mass is 608 g/mol. The molecule has 1 aliphatic carbocycles. The summed E-state index contributed by atoms with van der Waals surface area (Å²) in [6.07, 6.45) is 4.78. The van der Waals surface area contributed by atoms with Gasteiger partial charge in [0.25, 0.3) is 0 Å². The Labute approximate surface area is 246 Å². The maximum atomic E-state index is 13.0. The van der Waals surface area contributed by atoms with Gasteiger partial charge < -0.3 is 14.8 Å². The number of benzene rings is 1. The normalized spacial score (nSPS) is 13.6. The number of nitrogens with one attached hydrogen (secondary N) is 1. The molecule has 0 fully saturated rings. The number of aryl methyl sites for hydroxylation is 1. The molecule has 0 spiro atoms. The molecule has 0 saturated heterocycles. The Kier molecular flexibility index (Phi) is 9.98. The molecule has 8 nitrogen and oxygen atoms in total. The highest BCUT2D eigenvalue weighted by Gasteiger charge is 2.28. The molecule has 1 unspecified atom stereocenters. The molecule has 0 saturated carbocycles. The van der Waals surface area contributed by atoms with E-state index in [9.17, 15) is 9.59 Å². The van der Waals surface area contributed by atoms with E-state index in [4.69, 9.17) is 32.7 Å². The Hall–Kier alpha value is -2.53. The number of allylic oxidation sites excluding steroid dienone is 1. The first kappa shape index (κ1) is 29.5. The average Bonchev–Trinajstić information content (AvgIpc) is 3.45. The molecule has 2 aromatic heterocycles. The quantitative estimate of drug-likeness (QED) is 0.140. The molecule has 2 heterocycles. The number of nitrogens with zero attached hydrogens (tertiary/aromatic N) is 3. The van der Waals surface area contributed by atoms with Gasteiger partial charge in [-0.1, -0.05) is 41.0 Å². The number of rotatable bonds is 11. The highest BCUT2D eigenvalue weighted by Crippen LogP contribution is 2.39. The van der Waals surface area contributed by atoms with E-state index in [0.29, 0.717) is 43.9 Å². The second-order valence-electron chi connectivity index (χ2n) is 9.28. The van der Waals surface area contributed by atoms with Crippen LogP contribution in [0.5, 0.6) is 5.75 Å². The molecule has 12 heteroatoms. The number of fused-ring (bicyclic) bond motifs is 1. The highest BCUT2D eigenvalue weighted by molar-refractivity contribution is 7.99. The Morgan fingerprint density at radius 1 is 1.23 bits per heavy atom. The Morgan fingerprint density at radius 3 is 2.74 bits per heavy atom. The molecule has 1 aromatic carbocycles. The van der Waals surface area contributed by atoms with Crippen LogP contribution in [0.25, 0.3) is 0 Å². The lowest BCUT2D eigenvalue weighted by Gasteiger charge is -2.16. The highest BCUT2D eigenvalue weighted by atomic mass is 35.5. The molecular formula is C27H30Cl2N4O4S2. The number of ether oxygens (including phenoxy) is 2. The van der Waals surface area contributed by atoms with Crippen molar-refractivity contribution in [2.45, 2.75) is 70.4 Å². The lowest BCUT2D eigenvalue weighted by atomic mass is 9.95. The Morgan fingerprint density at radius 2 is 2.00 bits per heavy atom. The zero-order valence-electron chi connectivity index (χ0n) is 22.0. The van der Waals surface area contributed by atoms with Crippen molar-refractivity contribution in [1.29, 1.82) is 0 Å². The first-order valence-electron chi connectivity index (χ1n) is 12.6. The number of carbonyl (C=O) groups is 2. The number of esters is 1. The van der Waals surface area contributed by atoms with E-state index in [1.165, 1.54) is 23.1 Å². The summed E-state index contributed by atoms with van der Waals surface area (Å²) in [5.41, 5.74) is 1.49. The van der Waals surface area contributed by atoms with Gasteiger partial charge in [0, 0.05) is 22.5 Å². The summed E-state index contributed by atoms with van der Waals surface area (Å²) >= 11 is 15.0. The van der Waals surface area contributed by atoms with E-state index >= 15 is 0 Å². The summed E-state index contributed by atoms with van der Waals surface area (Å²) in [6, 6.07) is 4.99. The van der Waals surface area contributed by atoms with Crippen LogP contribution in [0.4, 0.5) is 5.00 Å². The topological polar surface area (TPSA) is 95.3 Å². The maximum Gasteiger partial charge on any atom is 0.341 e. The molecule has 0 radical (unpaired) electrons. The molecule has 1 aliphatic rings. The largest absolute Gasteiger partial charge is 0.481 e. The number of hydrogen-bond donors (Lipinski definition) is 1. The van der Waals surface area contributed by atoms with Gasteiger partial charge in [-0.2, -0.15) is 0 Å². The SMILES string of the molecule is C=CCn1c(SCC(=O)Nc2sc3c(c2C(=O)OC(C)C)CCCC3)nnc1C(C)Oc1cc(Cl)ccc1Cl. The van der Waals surface area contributed by atoms with Gasteiger partial charge in [0.15, 0.2) is 17.1 Å². The minimum absolute atomic E-state index is 0.0753. The van der Waals surface area contributed by atoms with Gasteiger partial charge >= 0.3 is 5.97 Å². The molecule has 0 aliphatic heterocycles. The summed E-state index contributed by atoms with van der Waals surface area (Å²) in [5.74, 6) is 0.423. The van der Waals surface area contributed by atoms with Gasteiger partial charge in [-0.25, -0.2) is 4.79 Å². The molecule has 1 amide bonds. The number of hydrogen-bond acceptors (Lipinski definition) is 8. The van der Waals surface area contributed by atoms with Gasteiger partial charge in [-0.05, 0) is 64.2 Å². The van der Waals surface area contributed by atoms with E-state index in [2.05, 4.69) is 22.1 Å². The molecule has 0 bridgehead atoms. The third kappa shape index (κ3) is 7.16. The number of amides is 1. The predicted molar refractivity (Wildman–Crippen MR) is 157 cm³/mol. The van der Waals surface area contributed by atoms with E-state index < -0.39 is 12.1 Å². The minimum Gasteiger partial charge on any atom is -0.481 e. The number of halogens is 2. The number of anilines is 1. The molecular weight excluding hydrogens is 579 g/mol. The van der Waals surface area contributed by atoms with Crippen LogP contribution in [0.3, 0.4) is 0 Å². The van der Waals surface area contributed by atoms with Gasteiger partial charge in [-0.15, -0.1) is 28.1 Å². The van der Waals surface area contributed by atoms with Crippen molar-refractivity contribution in [3.8, 4) is 5.75 Å². The van der Waals surface area contributed by atoms with Crippen molar-refractivity contribution in [2.24, 2.45) is 0 Å². The molecule has 1 atom stereocenters. The third-order valence-electron chi connectivity index (χ3n) is 5.92. The van der Waals surface area contributed by atoms with Crippen molar-refractivity contribution in [2.75, 3.05) is 11.1 Å².